The highest BCUT2D eigenvalue weighted by Gasteiger charge is 2.01. The number of rotatable bonds is 7. The van der Waals surface area contributed by atoms with Crippen molar-refractivity contribution in [1.82, 2.24) is 9.88 Å². The number of hydrogen-bond acceptors (Lipinski definition) is 3. The smallest absolute Gasteiger partial charge is 0.258 e. The Morgan fingerprint density at radius 1 is 1.21 bits per heavy atom. The van der Waals surface area contributed by atoms with Crippen LogP contribution in [0.5, 0.6) is 0 Å². The van der Waals surface area contributed by atoms with Gasteiger partial charge in [-0.1, -0.05) is 18.2 Å². The lowest BCUT2D eigenvalue weighted by molar-refractivity contribution is 0.149. The van der Waals surface area contributed by atoms with Crippen molar-refractivity contribution in [3.8, 4) is 0 Å². The summed E-state index contributed by atoms with van der Waals surface area (Å²) in [7, 11) is 0. The van der Waals surface area contributed by atoms with Crippen LogP contribution in [-0.4, -0.2) is 30.9 Å². The van der Waals surface area contributed by atoms with E-state index in [1.165, 1.54) is 0 Å². The van der Waals surface area contributed by atoms with Gasteiger partial charge in [-0.15, -0.1) is 0 Å². The van der Waals surface area contributed by atoms with Crippen molar-refractivity contribution in [2.75, 3.05) is 26.3 Å². The van der Waals surface area contributed by atoms with Crippen LogP contribution in [0, 0.1) is 0 Å². The van der Waals surface area contributed by atoms with Gasteiger partial charge in [-0.25, -0.2) is 0 Å². The first-order valence-corrected chi connectivity index (χ1v) is 6.69. The summed E-state index contributed by atoms with van der Waals surface area (Å²) < 4.78 is 6.98. The molecule has 0 spiro atoms. The van der Waals surface area contributed by atoms with Gasteiger partial charge in [-0.2, -0.15) is 0 Å². The minimum atomic E-state index is 0.0738. The van der Waals surface area contributed by atoms with Crippen molar-refractivity contribution >= 4 is 10.8 Å². The Bertz CT molecular complexity index is 578. The van der Waals surface area contributed by atoms with E-state index in [9.17, 15) is 4.79 Å². The Labute approximate surface area is 113 Å². The molecule has 0 amide bonds. The lowest BCUT2D eigenvalue weighted by Gasteiger charge is -2.08. The molecule has 0 fully saturated rings. The molecule has 2 rings (SSSR count). The highest BCUT2D eigenvalue weighted by molar-refractivity contribution is 5.81. The Morgan fingerprint density at radius 3 is 2.89 bits per heavy atom. The second-order valence-electron chi connectivity index (χ2n) is 4.35. The van der Waals surface area contributed by atoms with E-state index >= 15 is 0 Å². The fourth-order valence-electron chi connectivity index (χ4n) is 2.02. The zero-order valence-corrected chi connectivity index (χ0v) is 11.3. The van der Waals surface area contributed by atoms with Crippen LogP contribution in [0.1, 0.15) is 6.92 Å². The first-order valence-electron chi connectivity index (χ1n) is 6.69. The molecule has 0 radical (unpaired) electrons. The summed E-state index contributed by atoms with van der Waals surface area (Å²) in [6, 6.07) is 9.66. The molecule has 4 nitrogen and oxygen atoms in total. The fourth-order valence-corrected chi connectivity index (χ4v) is 2.02. The van der Waals surface area contributed by atoms with Crippen LogP contribution < -0.4 is 10.9 Å². The van der Waals surface area contributed by atoms with Crippen LogP contribution >= 0.6 is 0 Å². The molecule has 0 saturated heterocycles. The predicted octanol–water partition coefficient (Wildman–Crippen LogP) is 1.63. The second-order valence-corrected chi connectivity index (χ2v) is 4.35. The molecular weight excluding hydrogens is 240 g/mol. The summed E-state index contributed by atoms with van der Waals surface area (Å²) in [4.78, 5) is 12.2. The molecule has 1 heterocycles. The van der Waals surface area contributed by atoms with Gasteiger partial charge >= 0.3 is 0 Å². The third-order valence-electron chi connectivity index (χ3n) is 3.04. The largest absolute Gasteiger partial charge is 0.380 e. The van der Waals surface area contributed by atoms with Crippen LogP contribution in [0.25, 0.3) is 10.8 Å². The van der Waals surface area contributed by atoms with E-state index in [0.717, 1.165) is 30.5 Å². The van der Waals surface area contributed by atoms with E-state index in [4.69, 9.17) is 4.74 Å². The molecule has 2 aromatic rings. The average molecular weight is 260 g/mol. The maximum atomic E-state index is 12.2. The number of fused-ring (bicyclic) bond motifs is 1. The van der Waals surface area contributed by atoms with E-state index in [1.54, 1.807) is 4.57 Å². The normalized spacial score (nSPS) is 11.0. The molecule has 0 atom stereocenters. The second kappa shape index (κ2) is 7.07. The third kappa shape index (κ3) is 3.66. The maximum Gasteiger partial charge on any atom is 0.258 e. The third-order valence-corrected chi connectivity index (χ3v) is 3.04. The van der Waals surface area contributed by atoms with Crippen LogP contribution in [0.2, 0.25) is 0 Å². The van der Waals surface area contributed by atoms with E-state index in [0.29, 0.717) is 13.2 Å². The van der Waals surface area contributed by atoms with Crippen LogP contribution in [0.3, 0.4) is 0 Å². The van der Waals surface area contributed by atoms with Crippen molar-refractivity contribution in [2.45, 2.75) is 13.5 Å². The van der Waals surface area contributed by atoms with Gasteiger partial charge in [0.05, 0.1) is 6.61 Å². The van der Waals surface area contributed by atoms with Crippen molar-refractivity contribution < 1.29 is 4.74 Å². The summed E-state index contributed by atoms with van der Waals surface area (Å²) in [5, 5.41) is 5.03. The van der Waals surface area contributed by atoms with Gasteiger partial charge in [0.15, 0.2) is 0 Å². The predicted molar refractivity (Wildman–Crippen MR) is 77.6 cm³/mol. The van der Waals surface area contributed by atoms with Crippen molar-refractivity contribution in [2.24, 2.45) is 0 Å². The molecule has 19 heavy (non-hydrogen) atoms. The number of hydrogen-bond donors (Lipinski definition) is 1. The SMILES string of the molecule is CCOCCNCCn1ccc2ccccc2c1=O. The van der Waals surface area contributed by atoms with Gasteiger partial charge in [0.25, 0.3) is 5.56 Å². The summed E-state index contributed by atoms with van der Waals surface area (Å²) in [5.41, 5.74) is 0.0738. The Morgan fingerprint density at radius 2 is 2.05 bits per heavy atom. The molecule has 1 N–H and O–H groups in total. The van der Waals surface area contributed by atoms with E-state index in [2.05, 4.69) is 5.32 Å². The monoisotopic (exact) mass is 260 g/mol. The number of aromatic nitrogens is 1. The van der Waals surface area contributed by atoms with E-state index in [-0.39, 0.29) is 5.56 Å². The van der Waals surface area contributed by atoms with Crippen LogP contribution in [0.4, 0.5) is 0 Å². The Balaban J connectivity index is 1.94. The molecule has 0 aliphatic heterocycles. The van der Waals surface area contributed by atoms with Gasteiger partial charge in [0.2, 0.25) is 0 Å². The number of nitrogens with zero attached hydrogens (tertiary/aromatic N) is 1. The molecule has 0 saturated carbocycles. The first kappa shape index (κ1) is 13.8. The lowest BCUT2D eigenvalue weighted by atomic mass is 10.2. The topological polar surface area (TPSA) is 43.3 Å². The lowest BCUT2D eigenvalue weighted by Crippen LogP contribution is -2.28. The van der Waals surface area contributed by atoms with Crippen molar-refractivity contribution in [1.29, 1.82) is 0 Å². The molecular formula is C15H20N2O2. The summed E-state index contributed by atoms with van der Waals surface area (Å²) >= 11 is 0. The van der Waals surface area contributed by atoms with Gasteiger partial charge in [0, 0.05) is 37.8 Å². The minimum absolute atomic E-state index is 0.0738. The average Bonchev–Trinajstić information content (AvgIpc) is 2.45. The van der Waals surface area contributed by atoms with Gasteiger partial charge in [-0.3, -0.25) is 4.79 Å². The van der Waals surface area contributed by atoms with Crippen LogP contribution in [-0.2, 0) is 11.3 Å². The quantitative estimate of drug-likeness (QED) is 0.769. The molecule has 0 bridgehead atoms. The number of benzene rings is 1. The Hall–Kier alpha value is -1.65. The molecule has 0 aliphatic rings. The summed E-state index contributed by atoms with van der Waals surface area (Å²) in [6.45, 7) is 5.70. The first-order chi connectivity index (χ1) is 9.33. The van der Waals surface area contributed by atoms with E-state index < -0.39 is 0 Å². The summed E-state index contributed by atoms with van der Waals surface area (Å²) in [5.74, 6) is 0. The maximum absolute atomic E-state index is 12.2. The van der Waals surface area contributed by atoms with Crippen LogP contribution in [0.15, 0.2) is 41.3 Å². The van der Waals surface area contributed by atoms with E-state index in [1.807, 2.05) is 43.5 Å². The zero-order valence-electron chi connectivity index (χ0n) is 11.3. The number of ether oxygens (including phenoxy) is 1. The molecule has 0 aliphatic carbocycles. The molecule has 1 aromatic heterocycles. The number of nitrogens with one attached hydrogen (secondary N) is 1. The highest BCUT2D eigenvalue weighted by Crippen LogP contribution is 2.07. The fraction of sp³-hybridized carbons (Fsp3) is 0.400. The molecule has 1 aromatic carbocycles. The highest BCUT2D eigenvalue weighted by atomic mass is 16.5. The minimum Gasteiger partial charge on any atom is -0.380 e. The Kier molecular flexibility index (Phi) is 5.12. The standard InChI is InChI=1S/C15H20N2O2/c1-2-19-12-9-16-8-11-17-10-7-13-5-3-4-6-14(13)15(17)18/h3-7,10,16H,2,8-9,11-12H2,1H3. The van der Waals surface area contributed by atoms with Gasteiger partial charge in [-0.05, 0) is 24.4 Å². The number of pyridine rings is 1. The van der Waals surface area contributed by atoms with Gasteiger partial charge < -0.3 is 14.6 Å². The van der Waals surface area contributed by atoms with Gasteiger partial charge in [0.1, 0.15) is 0 Å². The molecule has 102 valence electrons. The van der Waals surface area contributed by atoms with Crippen molar-refractivity contribution in [3.63, 3.8) is 0 Å². The molecule has 4 heteroatoms. The summed E-state index contributed by atoms with van der Waals surface area (Å²) in [6.07, 6.45) is 1.86. The zero-order chi connectivity index (χ0) is 13.5. The molecule has 0 unspecified atom stereocenters. The van der Waals surface area contributed by atoms with Crippen molar-refractivity contribution in [3.05, 3.63) is 46.9 Å².